The van der Waals surface area contributed by atoms with Gasteiger partial charge in [0, 0.05) is 36.3 Å². The number of amides is 1. The Morgan fingerprint density at radius 1 is 0.926 bits per heavy atom. The smallest absolute Gasteiger partial charge is 0.305 e. The van der Waals surface area contributed by atoms with Gasteiger partial charge in [-0.25, -0.2) is 0 Å². The predicted molar refractivity (Wildman–Crippen MR) is 207 cm³/mol. The van der Waals surface area contributed by atoms with Crippen LogP contribution in [0.4, 0.5) is 5.69 Å². The number of benzene rings is 4. The van der Waals surface area contributed by atoms with Crippen LogP contribution in [-0.2, 0) is 35.8 Å². The molecule has 4 N–H and O–H groups in total. The quantitative estimate of drug-likeness (QED) is 0.0888. The molecule has 0 bridgehead atoms. The van der Waals surface area contributed by atoms with Gasteiger partial charge < -0.3 is 30.3 Å². The van der Waals surface area contributed by atoms with Crippen molar-refractivity contribution < 1.29 is 29.3 Å². The largest absolute Gasteiger partial charge is 0.488 e. The number of nitrogens with zero attached hydrogens (tertiary/aromatic N) is 2. The molecule has 0 fully saturated rings. The molecule has 0 spiro atoms. The number of nitrogens with one attached hydrogen (secondary N) is 2. The first-order valence-electron chi connectivity index (χ1n) is 17.7. The molecule has 0 aliphatic carbocycles. The monoisotopic (exact) mass is 744 g/mol. The van der Waals surface area contributed by atoms with Crippen molar-refractivity contribution in [3.8, 4) is 39.8 Å². The molecule has 0 saturated heterocycles. The fourth-order valence-corrected chi connectivity index (χ4v) is 6.92. The molecular formula is C43H41ClN4O6. The summed E-state index contributed by atoms with van der Waals surface area (Å²) in [7, 11) is 0. The molecule has 1 aliphatic heterocycles. The lowest BCUT2D eigenvalue weighted by atomic mass is 9.89. The molecule has 276 valence electrons. The summed E-state index contributed by atoms with van der Waals surface area (Å²) in [6.07, 6.45) is 3.14. The van der Waals surface area contributed by atoms with E-state index in [1.165, 1.54) is 6.20 Å². The Morgan fingerprint density at radius 2 is 1.69 bits per heavy atom. The number of aryl methyl sites for hydroxylation is 1. The number of hydrogen-bond acceptors (Lipinski definition) is 8. The summed E-state index contributed by atoms with van der Waals surface area (Å²) < 4.78 is 12.6. The minimum atomic E-state index is -1.05. The molecule has 6 rings (SSSR count). The van der Waals surface area contributed by atoms with Gasteiger partial charge in [-0.05, 0) is 101 Å². The average molecular weight is 745 g/mol. The summed E-state index contributed by atoms with van der Waals surface area (Å²) in [5, 5.41) is 35.0. The average Bonchev–Trinajstić information content (AvgIpc) is 3.34. The highest BCUT2D eigenvalue weighted by Crippen LogP contribution is 2.38. The van der Waals surface area contributed by atoms with Gasteiger partial charge in [-0.1, -0.05) is 60.1 Å². The van der Waals surface area contributed by atoms with E-state index in [1.54, 1.807) is 24.4 Å². The number of carboxylic acids is 1. The maximum Gasteiger partial charge on any atom is 0.305 e. The number of anilines is 1. The first-order valence-corrected chi connectivity index (χ1v) is 18.1. The molecule has 11 heteroatoms. The van der Waals surface area contributed by atoms with Crippen LogP contribution in [-0.4, -0.2) is 39.7 Å². The standard InChI is InChI=1S/C43H41ClN4O6/c1-26-33(7-4-10-36(26)37-11-5-9-35(27(37)2)30-12-13-32-22-47-23-42(50)48-39(32)16-30)25-54-41-18-40(53-24-29-14-28(19-45)20-46-21-29)31(15-38(41)44)6-3-8-34(49)17-43(51)52/h4-5,7,9-16,18,20-21,34,47,49H,3,6,8,17,22-25H2,1-2H3,(H,48,50)(H,51,52)/t34-/m1/s1. The molecule has 2 heterocycles. The highest BCUT2D eigenvalue weighted by atomic mass is 35.5. The lowest BCUT2D eigenvalue weighted by molar-refractivity contribution is -0.139. The summed E-state index contributed by atoms with van der Waals surface area (Å²) in [5.74, 6) is -0.156. The molecule has 10 nitrogen and oxygen atoms in total. The van der Waals surface area contributed by atoms with Crippen molar-refractivity contribution in [1.82, 2.24) is 10.3 Å². The van der Waals surface area contributed by atoms with E-state index in [0.29, 0.717) is 53.5 Å². The van der Waals surface area contributed by atoms with Gasteiger partial charge in [0.2, 0.25) is 5.91 Å². The predicted octanol–water partition coefficient (Wildman–Crippen LogP) is 7.92. The number of carbonyl (C=O) groups is 2. The van der Waals surface area contributed by atoms with Gasteiger partial charge in [0.05, 0.1) is 29.7 Å². The Balaban J connectivity index is 1.23. The zero-order chi connectivity index (χ0) is 38.2. The van der Waals surface area contributed by atoms with Crippen LogP contribution in [0.2, 0.25) is 5.02 Å². The van der Waals surface area contributed by atoms with E-state index < -0.39 is 12.1 Å². The van der Waals surface area contributed by atoms with Crippen LogP contribution in [0.1, 0.15) is 58.2 Å². The second-order valence-corrected chi connectivity index (χ2v) is 13.8. The number of nitriles is 1. The molecule has 1 amide bonds. The van der Waals surface area contributed by atoms with Crippen molar-refractivity contribution >= 4 is 29.2 Å². The maximum atomic E-state index is 12.2. The number of carbonyl (C=O) groups excluding carboxylic acids is 1. The summed E-state index contributed by atoms with van der Waals surface area (Å²) in [4.78, 5) is 27.4. The third-order valence-corrected chi connectivity index (χ3v) is 9.87. The van der Waals surface area contributed by atoms with Crippen molar-refractivity contribution in [2.75, 3.05) is 11.9 Å². The van der Waals surface area contributed by atoms with Gasteiger partial charge in [0.25, 0.3) is 0 Å². The number of fused-ring (bicyclic) bond motifs is 1. The number of rotatable bonds is 14. The van der Waals surface area contributed by atoms with Gasteiger partial charge >= 0.3 is 5.97 Å². The number of aromatic nitrogens is 1. The van der Waals surface area contributed by atoms with E-state index in [-0.39, 0.29) is 32.1 Å². The molecule has 5 aromatic rings. The van der Waals surface area contributed by atoms with Crippen molar-refractivity contribution in [1.29, 1.82) is 5.26 Å². The first kappa shape index (κ1) is 38.0. The number of aliphatic hydroxyl groups is 1. The highest BCUT2D eigenvalue weighted by molar-refractivity contribution is 6.32. The highest BCUT2D eigenvalue weighted by Gasteiger charge is 2.18. The van der Waals surface area contributed by atoms with E-state index in [4.69, 9.17) is 26.2 Å². The van der Waals surface area contributed by atoms with Gasteiger partial charge in [0.15, 0.2) is 0 Å². The molecule has 1 aromatic heterocycles. The van der Waals surface area contributed by atoms with Crippen LogP contribution < -0.4 is 20.1 Å². The molecule has 0 radical (unpaired) electrons. The Morgan fingerprint density at radius 3 is 2.48 bits per heavy atom. The fourth-order valence-electron chi connectivity index (χ4n) is 6.68. The van der Waals surface area contributed by atoms with Gasteiger partial charge in [-0.3, -0.25) is 14.6 Å². The summed E-state index contributed by atoms with van der Waals surface area (Å²) >= 11 is 6.78. The lowest BCUT2D eigenvalue weighted by Crippen LogP contribution is -2.23. The summed E-state index contributed by atoms with van der Waals surface area (Å²) in [6, 6.07) is 25.9. The van der Waals surface area contributed by atoms with Crippen molar-refractivity contribution in [2.45, 2.75) is 65.4 Å². The molecule has 54 heavy (non-hydrogen) atoms. The fraction of sp³-hybridized carbons (Fsp3) is 0.256. The minimum absolute atomic E-state index is 0.0578. The number of ether oxygens (including phenoxy) is 2. The van der Waals surface area contributed by atoms with Gasteiger partial charge in [-0.15, -0.1) is 0 Å². The van der Waals surface area contributed by atoms with E-state index in [0.717, 1.165) is 55.8 Å². The number of halogens is 1. The Labute approximate surface area is 319 Å². The Bertz CT molecular complexity index is 2230. The third kappa shape index (κ3) is 9.25. The van der Waals surface area contributed by atoms with Crippen LogP contribution in [0.15, 0.2) is 85.2 Å². The number of pyridine rings is 1. The second-order valence-electron chi connectivity index (χ2n) is 13.4. The molecular weight excluding hydrogens is 704 g/mol. The van der Waals surface area contributed by atoms with Crippen LogP contribution in [0.5, 0.6) is 11.5 Å². The molecule has 1 aliphatic rings. The van der Waals surface area contributed by atoms with Crippen LogP contribution in [0.3, 0.4) is 0 Å². The maximum absolute atomic E-state index is 12.2. The van der Waals surface area contributed by atoms with E-state index in [1.807, 2.05) is 18.2 Å². The zero-order valence-corrected chi connectivity index (χ0v) is 30.9. The SMILES string of the molecule is Cc1c(COc2cc(OCc3cncc(C#N)c3)c(CCC[C@@H](O)CC(=O)O)cc2Cl)cccc1-c1cccc(-c2ccc3c(c2)NC(=O)CNC3)c1C. The van der Waals surface area contributed by atoms with Crippen molar-refractivity contribution in [2.24, 2.45) is 0 Å². The zero-order valence-electron chi connectivity index (χ0n) is 30.1. The minimum Gasteiger partial charge on any atom is -0.488 e. The lowest BCUT2D eigenvalue weighted by Gasteiger charge is -2.18. The molecule has 0 unspecified atom stereocenters. The normalized spacial score (nSPS) is 12.9. The number of carboxylic acid groups (broad SMARTS) is 1. The Kier molecular flexibility index (Phi) is 12.2. The van der Waals surface area contributed by atoms with Gasteiger partial charge in [0.1, 0.15) is 30.8 Å². The van der Waals surface area contributed by atoms with Crippen LogP contribution in [0, 0.1) is 25.2 Å². The van der Waals surface area contributed by atoms with Crippen LogP contribution in [0.25, 0.3) is 22.3 Å². The Hall–Kier alpha value is -5.73. The van der Waals surface area contributed by atoms with Crippen LogP contribution >= 0.6 is 11.6 Å². The molecule has 4 aromatic carbocycles. The number of aliphatic carboxylic acids is 1. The molecule has 0 saturated carbocycles. The van der Waals surface area contributed by atoms with Gasteiger partial charge in [-0.2, -0.15) is 5.26 Å². The number of hydrogen-bond donors (Lipinski definition) is 4. The van der Waals surface area contributed by atoms with E-state index >= 15 is 0 Å². The summed E-state index contributed by atoms with van der Waals surface area (Å²) in [5.41, 5.74) is 11.2. The van der Waals surface area contributed by atoms with Crippen molar-refractivity contribution in [3.05, 3.63) is 129 Å². The van der Waals surface area contributed by atoms with E-state index in [2.05, 4.69) is 71.9 Å². The van der Waals surface area contributed by atoms with Crippen molar-refractivity contribution in [3.63, 3.8) is 0 Å². The van der Waals surface area contributed by atoms with E-state index in [9.17, 15) is 20.0 Å². The number of aliphatic hydroxyl groups excluding tert-OH is 1. The second kappa shape index (κ2) is 17.4. The summed E-state index contributed by atoms with van der Waals surface area (Å²) in [6.45, 7) is 5.49. The third-order valence-electron chi connectivity index (χ3n) is 9.58. The first-order chi connectivity index (χ1) is 26.1. The topological polar surface area (TPSA) is 154 Å². The molecule has 1 atom stereocenters.